The molecule has 2 heteroatoms. The van der Waals surface area contributed by atoms with Gasteiger partial charge in [0.1, 0.15) is 0 Å². The normalized spacial score (nSPS) is 29.6. The van der Waals surface area contributed by atoms with Crippen LogP contribution in [0.1, 0.15) is 30.0 Å². The molecule has 1 aliphatic heterocycles. The summed E-state index contributed by atoms with van der Waals surface area (Å²) >= 11 is 0. The van der Waals surface area contributed by atoms with Gasteiger partial charge in [0.15, 0.2) is 0 Å². The molecule has 0 spiro atoms. The summed E-state index contributed by atoms with van der Waals surface area (Å²) in [6, 6.07) is 10.4. The Kier molecular flexibility index (Phi) is 2.70. The van der Waals surface area contributed by atoms with Gasteiger partial charge in [0, 0.05) is 25.2 Å². The fraction of sp³-hybridized carbons (Fsp3) is 0.571. The fourth-order valence-electron chi connectivity index (χ4n) is 3.22. The molecule has 0 amide bonds. The average Bonchev–Trinajstić information content (AvgIpc) is 2.94. The summed E-state index contributed by atoms with van der Waals surface area (Å²) in [5.74, 6) is 0. The number of fused-ring (bicyclic) bond motifs is 1. The molecule has 1 N–H and O–H groups in total. The second-order valence-corrected chi connectivity index (χ2v) is 5.02. The minimum Gasteiger partial charge on any atom is -0.316 e. The molecule has 2 aliphatic rings. The number of nitrogens with zero attached hydrogens (tertiary/aromatic N) is 1. The van der Waals surface area contributed by atoms with Crippen LogP contribution in [0.3, 0.4) is 0 Å². The maximum atomic E-state index is 3.40. The van der Waals surface area contributed by atoms with Crippen molar-refractivity contribution in [1.82, 2.24) is 10.2 Å². The van der Waals surface area contributed by atoms with E-state index in [9.17, 15) is 0 Å². The van der Waals surface area contributed by atoms with Gasteiger partial charge in [-0.3, -0.25) is 4.90 Å². The second-order valence-electron chi connectivity index (χ2n) is 5.02. The Bertz CT molecular complexity index is 375. The van der Waals surface area contributed by atoms with Gasteiger partial charge in [0.2, 0.25) is 0 Å². The first kappa shape index (κ1) is 10.3. The summed E-state index contributed by atoms with van der Waals surface area (Å²) in [7, 11) is 2.08. The van der Waals surface area contributed by atoms with Crippen molar-refractivity contribution in [1.29, 1.82) is 0 Å². The number of nitrogens with one attached hydrogen (secondary N) is 1. The zero-order valence-corrected chi connectivity index (χ0v) is 9.95. The zero-order valence-electron chi connectivity index (χ0n) is 9.95. The molecule has 0 radical (unpaired) electrons. The van der Waals surface area contributed by atoms with E-state index < -0.39 is 0 Å². The van der Waals surface area contributed by atoms with Gasteiger partial charge < -0.3 is 5.32 Å². The van der Waals surface area contributed by atoms with E-state index >= 15 is 0 Å². The van der Waals surface area contributed by atoms with E-state index in [-0.39, 0.29) is 0 Å². The van der Waals surface area contributed by atoms with Crippen LogP contribution in [0.2, 0.25) is 0 Å². The molecule has 16 heavy (non-hydrogen) atoms. The third kappa shape index (κ3) is 1.66. The zero-order chi connectivity index (χ0) is 11.0. The Morgan fingerprint density at radius 1 is 1.25 bits per heavy atom. The van der Waals surface area contributed by atoms with Crippen LogP contribution in [0.25, 0.3) is 0 Å². The van der Waals surface area contributed by atoms with Crippen molar-refractivity contribution >= 4 is 0 Å². The lowest BCUT2D eigenvalue weighted by atomic mass is 10.1. The van der Waals surface area contributed by atoms with Gasteiger partial charge in [-0.15, -0.1) is 0 Å². The summed E-state index contributed by atoms with van der Waals surface area (Å²) in [4.78, 5) is 2.66. The number of benzene rings is 1. The summed E-state index contributed by atoms with van der Waals surface area (Å²) in [5.41, 5.74) is 3.15. The third-order valence-electron chi connectivity index (χ3n) is 4.17. The molecule has 0 bridgehead atoms. The van der Waals surface area contributed by atoms with Gasteiger partial charge in [-0.1, -0.05) is 24.3 Å². The molecular weight excluding hydrogens is 196 g/mol. The Morgan fingerprint density at radius 3 is 2.94 bits per heavy atom. The molecule has 1 aliphatic carbocycles. The molecule has 0 aromatic heterocycles. The SMILES string of the molecule is CNC1CCN(C2CCc3ccccc32)C1. The van der Waals surface area contributed by atoms with Crippen molar-refractivity contribution < 1.29 is 0 Å². The Labute approximate surface area is 97.6 Å². The predicted molar refractivity (Wildman–Crippen MR) is 66.5 cm³/mol. The van der Waals surface area contributed by atoms with Crippen molar-refractivity contribution in [3.8, 4) is 0 Å². The summed E-state index contributed by atoms with van der Waals surface area (Å²) in [6.45, 7) is 2.47. The van der Waals surface area contributed by atoms with Crippen molar-refractivity contribution in [2.45, 2.75) is 31.3 Å². The van der Waals surface area contributed by atoms with Crippen LogP contribution in [0.15, 0.2) is 24.3 Å². The van der Waals surface area contributed by atoms with E-state index in [1.165, 1.54) is 32.4 Å². The predicted octanol–water partition coefficient (Wildman–Crippen LogP) is 1.97. The van der Waals surface area contributed by atoms with Crippen LogP contribution in [-0.2, 0) is 6.42 Å². The standard InChI is InChI=1S/C14H20N2/c1-15-12-8-9-16(10-12)14-7-6-11-4-2-3-5-13(11)14/h2-5,12,14-15H,6-10H2,1H3. The Hall–Kier alpha value is -0.860. The number of likely N-dealkylation sites (tertiary alicyclic amines) is 1. The van der Waals surface area contributed by atoms with Gasteiger partial charge in [-0.05, 0) is 37.4 Å². The summed E-state index contributed by atoms with van der Waals surface area (Å²) < 4.78 is 0. The lowest BCUT2D eigenvalue weighted by Gasteiger charge is -2.24. The van der Waals surface area contributed by atoms with E-state index in [1.54, 1.807) is 11.1 Å². The number of hydrogen-bond acceptors (Lipinski definition) is 2. The molecule has 3 rings (SSSR count). The Morgan fingerprint density at radius 2 is 2.12 bits per heavy atom. The van der Waals surface area contributed by atoms with Crippen LogP contribution >= 0.6 is 0 Å². The van der Waals surface area contributed by atoms with Gasteiger partial charge in [-0.2, -0.15) is 0 Å². The molecule has 1 saturated heterocycles. The smallest absolute Gasteiger partial charge is 0.0354 e. The van der Waals surface area contributed by atoms with E-state index in [1.807, 2.05) is 0 Å². The second kappa shape index (κ2) is 4.19. The summed E-state index contributed by atoms with van der Waals surface area (Å²) in [6.07, 6.45) is 3.88. The van der Waals surface area contributed by atoms with E-state index in [0.29, 0.717) is 12.1 Å². The van der Waals surface area contributed by atoms with Gasteiger partial charge in [0.25, 0.3) is 0 Å². The highest BCUT2D eigenvalue weighted by Crippen LogP contribution is 2.37. The first-order chi connectivity index (χ1) is 7.88. The molecule has 86 valence electrons. The number of aryl methyl sites for hydroxylation is 1. The highest BCUT2D eigenvalue weighted by molar-refractivity contribution is 5.34. The molecule has 2 nitrogen and oxygen atoms in total. The first-order valence-corrected chi connectivity index (χ1v) is 6.37. The largest absolute Gasteiger partial charge is 0.316 e. The molecule has 1 aromatic rings. The fourth-order valence-corrected chi connectivity index (χ4v) is 3.22. The number of hydrogen-bond donors (Lipinski definition) is 1. The number of rotatable bonds is 2. The van der Waals surface area contributed by atoms with E-state index in [4.69, 9.17) is 0 Å². The van der Waals surface area contributed by atoms with Crippen LogP contribution in [0.4, 0.5) is 0 Å². The number of likely N-dealkylation sites (N-methyl/N-ethyl adjacent to an activating group) is 1. The van der Waals surface area contributed by atoms with Crippen LogP contribution in [0, 0.1) is 0 Å². The van der Waals surface area contributed by atoms with Crippen LogP contribution in [0.5, 0.6) is 0 Å². The molecule has 1 heterocycles. The van der Waals surface area contributed by atoms with Crippen LogP contribution in [-0.4, -0.2) is 31.1 Å². The quantitative estimate of drug-likeness (QED) is 0.813. The minimum atomic E-state index is 0.689. The van der Waals surface area contributed by atoms with E-state index in [2.05, 4.69) is 41.5 Å². The molecule has 1 aromatic carbocycles. The maximum absolute atomic E-state index is 3.40. The van der Waals surface area contributed by atoms with Gasteiger partial charge in [0.05, 0.1) is 0 Å². The lowest BCUT2D eigenvalue weighted by molar-refractivity contribution is 0.240. The lowest BCUT2D eigenvalue weighted by Crippen LogP contribution is -2.31. The van der Waals surface area contributed by atoms with Crippen LogP contribution < -0.4 is 5.32 Å². The topological polar surface area (TPSA) is 15.3 Å². The van der Waals surface area contributed by atoms with Crippen molar-refractivity contribution in [3.05, 3.63) is 35.4 Å². The molecular formula is C14H20N2. The monoisotopic (exact) mass is 216 g/mol. The van der Waals surface area contributed by atoms with Gasteiger partial charge in [-0.25, -0.2) is 0 Å². The first-order valence-electron chi connectivity index (χ1n) is 6.37. The Balaban J connectivity index is 1.78. The highest BCUT2D eigenvalue weighted by atomic mass is 15.2. The van der Waals surface area contributed by atoms with Crippen molar-refractivity contribution in [3.63, 3.8) is 0 Å². The molecule has 2 unspecified atom stereocenters. The molecule has 2 atom stereocenters. The van der Waals surface area contributed by atoms with E-state index in [0.717, 1.165) is 0 Å². The summed E-state index contributed by atoms with van der Waals surface area (Å²) in [5, 5.41) is 3.40. The van der Waals surface area contributed by atoms with Crippen molar-refractivity contribution in [2.24, 2.45) is 0 Å². The minimum absolute atomic E-state index is 0.689. The molecule has 1 fully saturated rings. The molecule has 0 saturated carbocycles. The van der Waals surface area contributed by atoms with Gasteiger partial charge >= 0.3 is 0 Å². The van der Waals surface area contributed by atoms with Crippen molar-refractivity contribution in [2.75, 3.05) is 20.1 Å². The third-order valence-corrected chi connectivity index (χ3v) is 4.17. The highest BCUT2D eigenvalue weighted by Gasteiger charge is 2.32. The maximum Gasteiger partial charge on any atom is 0.0354 e. The average molecular weight is 216 g/mol.